The lowest BCUT2D eigenvalue weighted by atomic mass is 10.1. The van der Waals surface area contributed by atoms with Crippen LogP contribution in [0.15, 0.2) is 36.8 Å². The van der Waals surface area contributed by atoms with Crippen LogP contribution in [0.1, 0.15) is 25.3 Å². The predicted octanol–water partition coefficient (Wildman–Crippen LogP) is 2.23. The van der Waals surface area contributed by atoms with E-state index in [9.17, 15) is 15.2 Å². The van der Waals surface area contributed by atoms with Gasteiger partial charge in [-0.1, -0.05) is 0 Å². The Hall–Kier alpha value is -3.22. The first-order valence-electron chi connectivity index (χ1n) is 9.63. The van der Waals surface area contributed by atoms with Crippen LogP contribution in [-0.4, -0.2) is 58.4 Å². The molecule has 2 amide bonds. The highest BCUT2D eigenvalue weighted by molar-refractivity contribution is 6.03. The number of nitrogens with zero attached hydrogens (tertiary/aromatic N) is 5. The van der Waals surface area contributed by atoms with Gasteiger partial charge < -0.3 is 15.7 Å². The van der Waals surface area contributed by atoms with E-state index in [0.717, 1.165) is 0 Å². The molecule has 3 N–H and O–H groups in total. The number of piperidine rings is 1. The molecule has 0 aromatic carbocycles. The Morgan fingerprint density at radius 3 is 2.86 bits per heavy atom. The average molecular weight is 395 g/mol. The molecule has 1 aliphatic rings. The summed E-state index contributed by atoms with van der Waals surface area (Å²) < 4.78 is 0. The number of amides is 2. The van der Waals surface area contributed by atoms with Crippen molar-refractivity contribution in [3.05, 3.63) is 42.4 Å². The van der Waals surface area contributed by atoms with Gasteiger partial charge in [-0.2, -0.15) is 5.26 Å². The van der Waals surface area contributed by atoms with Crippen LogP contribution in [0.5, 0.6) is 0 Å². The summed E-state index contributed by atoms with van der Waals surface area (Å²) >= 11 is 0. The number of likely N-dealkylation sites (tertiary alicyclic amines) is 1. The monoisotopic (exact) mass is 395 g/mol. The number of urea groups is 1. The molecule has 2 aromatic heterocycles. The van der Waals surface area contributed by atoms with Crippen LogP contribution >= 0.6 is 0 Å². The maximum Gasteiger partial charge on any atom is 0.327 e. The molecule has 0 atom stereocenters. The number of nitrogens with one attached hydrogen (secondary N) is 2. The van der Waals surface area contributed by atoms with Gasteiger partial charge in [0.2, 0.25) is 0 Å². The molecule has 2 aromatic rings. The van der Waals surface area contributed by atoms with Crippen molar-refractivity contribution < 1.29 is 9.90 Å². The van der Waals surface area contributed by atoms with Crippen LogP contribution < -0.4 is 15.5 Å². The molecule has 9 nitrogen and oxygen atoms in total. The van der Waals surface area contributed by atoms with Gasteiger partial charge >= 0.3 is 6.03 Å². The first-order chi connectivity index (χ1) is 14.1. The van der Waals surface area contributed by atoms with Crippen LogP contribution in [0.25, 0.3) is 0 Å². The van der Waals surface area contributed by atoms with Crippen LogP contribution in [-0.2, 0) is 0 Å². The Labute approximate surface area is 170 Å². The van der Waals surface area contributed by atoms with Crippen molar-refractivity contribution in [1.82, 2.24) is 14.9 Å². The highest BCUT2D eigenvalue weighted by atomic mass is 16.3. The predicted molar refractivity (Wildman–Crippen MR) is 111 cm³/mol. The quantitative estimate of drug-likeness (QED) is 0.686. The molecule has 0 radical (unpaired) electrons. The molecule has 9 heteroatoms. The maximum atomic E-state index is 13.2. The second-order valence-corrected chi connectivity index (χ2v) is 6.82. The second-order valence-electron chi connectivity index (χ2n) is 6.82. The number of carbonyl (C=O) groups is 1. The largest absolute Gasteiger partial charge is 0.393 e. The van der Waals surface area contributed by atoms with Gasteiger partial charge in [0.25, 0.3) is 0 Å². The molecule has 0 bridgehead atoms. The number of nitriles is 1. The summed E-state index contributed by atoms with van der Waals surface area (Å²) in [7, 11) is 0. The number of hydrogen-bond donors (Lipinski definition) is 3. The molecule has 0 aliphatic carbocycles. The van der Waals surface area contributed by atoms with E-state index >= 15 is 0 Å². The van der Waals surface area contributed by atoms with Crippen molar-refractivity contribution >= 4 is 23.2 Å². The number of aromatic nitrogens is 2. The second kappa shape index (κ2) is 9.82. The van der Waals surface area contributed by atoms with Gasteiger partial charge in [0.15, 0.2) is 0 Å². The Balaban J connectivity index is 1.91. The first-order valence-corrected chi connectivity index (χ1v) is 9.63. The SMILES string of the molecule is CCNc1ncc(C#N)cc1N(CN1CCC(O)CC1)C(=O)Nc1cccnc1. The summed E-state index contributed by atoms with van der Waals surface area (Å²) in [4.78, 5) is 25.2. The van der Waals surface area contributed by atoms with Crippen molar-refractivity contribution in [2.24, 2.45) is 0 Å². The summed E-state index contributed by atoms with van der Waals surface area (Å²) in [6, 6.07) is 6.90. The number of aliphatic hydroxyl groups excluding tert-OH is 1. The Kier molecular flexibility index (Phi) is 6.94. The molecule has 1 aliphatic heterocycles. The van der Waals surface area contributed by atoms with Gasteiger partial charge in [-0.3, -0.25) is 14.8 Å². The fourth-order valence-electron chi connectivity index (χ4n) is 3.16. The standard InChI is InChI=1S/C20H25N7O2/c1-2-23-19-18(10-15(11-21)12-24-19)27(14-26-8-5-17(28)6-9-26)20(29)25-16-4-3-7-22-13-16/h3-4,7,10,12-13,17,28H,2,5-6,8-9,14H2,1H3,(H,23,24)(H,25,29). The lowest BCUT2D eigenvalue weighted by Gasteiger charge is -2.34. The van der Waals surface area contributed by atoms with Gasteiger partial charge in [-0.25, -0.2) is 9.78 Å². The minimum absolute atomic E-state index is 0.301. The summed E-state index contributed by atoms with van der Waals surface area (Å²) in [6.45, 7) is 4.24. The molecule has 152 valence electrons. The molecule has 0 saturated carbocycles. The number of pyridine rings is 2. The van der Waals surface area contributed by atoms with Gasteiger partial charge in [0.05, 0.1) is 35.9 Å². The summed E-state index contributed by atoms with van der Waals surface area (Å²) in [5, 5.41) is 25.1. The van der Waals surface area contributed by atoms with Crippen molar-refractivity contribution in [3.63, 3.8) is 0 Å². The zero-order valence-corrected chi connectivity index (χ0v) is 16.4. The van der Waals surface area contributed by atoms with Crippen molar-refractivity contribution in [3.8, 4) is 6.07 Å². The maximum absolute atomic E-state index is 13.2. The van der Waals surface area contributed by atoms with E-state index in [0.29, 0.717) is 61.9 Å². The zero-order chi connectivity index (χ0) is 20.6. The zero-order valence-electron chi connectivity index (χ0n) is 16.4. The number of anilines is 3. The molecule has 3 heterocycles. The molecule has 0 unspecified atom stereocenters. The third kappa shape index (κ3) is 5.40. The third-order valence-electron chi connectivity index (χ3n) is 4.69. The van der Waals surface area contributed by atoms with Gasteiger partial charge in [0, 0.05) is 32.0 Å². The van der Waals surface area contributed by atoms with Crippen LogP contribution in [0.2, 0.25) is 0 Å². The normalized spacial score (nSPS) is 14.8. The molecule has 0 spiro atoms. The van der Waals surface area contributed by atoms with Crippen LogP contribution in [0.3, 0.4) is 0 Å². The van der Waals surface area contributed by atoms with E-state index < -0.39 is 0 Å². The summed E-state index contributed by atoms with van der Waals surface area (Å²) in [5.41, 5.74) is 1.47. The highest BCUT2D eigenvalue weighted by Crippen LogP contribution is 2.27. The third-order valence-corrected chi connectivity index (χ3v) is 4.69. The highest BCUT2D eigenvalue weighted by Gasteiger charge is 2.25. The molecular formula is C20H25N7O2. The fraction of sp³-hybridized carbons (Fsp3) is 0.400. The van der Waals surface area contributed by atoms with Crippen molar-refractivity contribution in [2.75, 3.05) is 41.8 Å². The van der Waals surface area contributed by atoms with E-state index in [-0.39, 0.29) is 12.1 Å². The number of rotatable bonds is 6. The fourth-order valence-corrected chi connectivity index (χ4v) is 3.16. The topological polar surface area (TPSA) is 117 Å². The Bertz CT molecular complexity index is 861. The summed E-state index contributed by atoms with van der Waals surface area (Å²) in [5.74, 6) is 0.532. The van der Waals surface area contributed by atoms with Crippen LogP contribution in [0, 0.1) is 11.3 Å². The van der Waals surface area contributed by atoms with E-state index in [2.05, 4.69) is 31.6 Å². The van der Waals surface area contributed by atoms with E-state index in [1.165, 1.54) is 6.20 Å². The molecule has 1 fully saturated rings. The van der Waals surface area contributed by atoms with Gasteiger partial charge in [0.1, 0.15) is 11.9 Å². The van der Waals surface area contributed by atoms with Gasteiger partial charge in [-0.05, 0) is 38.0 Å². The number of aliphatic hydroxyl groups is 1. The lowest BCUT2D eigenvalue weighted by Crippen LogP contribution is -2.47. The first kappa shape index (κ1) is 20.5. The molecular weight excluding hydrogens is 370 g/mol. The minimum Gasteiger partial charge on any atom is -0.393 e. The average Bonchev–Trinajstić information content (AvgIpc) is 2.74. The smallest absolute Gasteiger partial charge is 0.327 e. The Morgan fingerprint density at radius 1 is 1.41 bits per heavy atom. The van der Waals surface area contributed by atoms with E-state index in [1.807, 2.05) is 6.92 Å². The van der Waals surface area contributed by atoms with Crippen LogP contribution in [0.4, 0.5) is 22.0 Å². The van der Waals surface area contributed by atoms with Crippen molar-refractivity contribution in [1.29, 1.82) is 5.26 Å². The molecule has 1 saturated heterocycles. The van der Waals surface area contributed by atoms with Gasteiger partial charge in [-0.15, -0.1) is 0 Å². The molecule has 3 rings (SSSR count). The number of carbonyl (C=O) groups excluding carboxylic acids is 1. The molecule has 29 heavy (non-hydrogen) atoms. The van der Waals surface area contributed by atoms with E-state index in [1.54, 1.807) is 35.5 Å². The number of hydrogen-bond acceptors (Lipinski definition) is 7. The lowest BCUT2D eigenvalue weighted by molar-refractivity contribution is 0.0835. The summed E-state index contributed by atoms with van der Waals surface area (Å²) in [6.07, 6.45) is 5.71. The van der Waals surface area contributed by atoms with Crippen molar-refractivity contribution in [2.45, 2.75) is 25.9 Å². The van der Waals surface area contributed by atoms with E-state index in [4.69, 9.17) is 0 Å². The minimum atomic E-state index is -0.347. The Morgan fingerprint density at radius 2 is 2.21 bits per heavy atom.